The first-order valence-electron chi connectivity index (χ1n) is 5.12. The summed E-state index contributed by atoms with van der Waals surface area (Å²) in [4.78, 5) is 22.1. The van der Waals surface area contributed by atoms with Gasteiger partial charge in [-0.15, -0.1) is 0 Å². The lowest BCUT2D eigenvalue weighted by Gasteiger charge is -2.10. The van der Waals surface area contributed by atoms with E-state index in [-0.39, 0.29) is 18.7 Å². The second-order valence-electron chi connectivity index (χ2n) is 3.67. The molecule has 0 aromatic heterocycles. The Kier molecular flexibility index (Phi) is 4.66. The van der Waals surface area contributed by atoms with Gasteiger partial charge in [-0.3, -0.25) is 9.59 Å². The predicted octanol–water partition coefficient (Wildman–Crippen LogP) is 0.848. The average Bonchev–Trinajstić information content (AvgIpc) is 2.29. The molecule has 1 rings (SSSR count). The molecule has 0 spiro atoms. The zero-order valence-corrected chi connectivity index (χ0v) is 8.93. The molecule has 16 heavy (non-hydrogen) atoms. The molecular weight excluding hydrogens is 206 g/mol. The lowest BCUT2D eigenvalue weighted by atomic mass is 9.94. The molecule has 0 aliphatic rings. The zero-order valence-electron chi connectivity index (χ0n) is 8.93. The summed E-state index contributed by atoms with van der Waals surface area (Å²) < 4.78 is 0. The molecule has 0 radical (unpaired) electrons. The van der Waals surface area contributed by atoms with Crippen LogP contribution in [0.5, 0.6) is 0 Å². The summed E-state index contributed by atoms with van der Waals surface area (Å²) in [6, 6.07) is 9.26. The quantitative estimate of drug-likeness (QED) is 0.746. The molecule has 0 unspecified atom stereocenters. The highest BCUT2D eigenvalue weighted by Gasteiger charge is 2.20. The van der Waals surface area contributed by atoms with Crippen molar-refractivity contribution in [3.8, 4) is 0 Å². The van der Waals surface area contributed by atoms with Crippen LogP contribution in [0.1, 0.15) is 12.0 Å². The molecule has 86 valence electrons. The Morgan fingerprint density at radius 1 is 1.25 bits per heavy atom. The van der Waals surface area contributed by atoms with E-state index in [0.29, 0.717) is 6.42 Å². The molecule has 3 N–H and O–H groups in total. The number of hydrogen-bond acceptors (Lipinski definition) is 3. The molecule has 1 aromatic rings. The fourth-order valence-corrected chi connectivity index (χ4v) is 1.50. The number of hydrogen-bond donors (Lipinski definition) is 2. The SMILES string of the molecule is NCC(=O)C[C@@H](Cc1ccccc1)C(=O)O. The second kappa shape index (κ2) is 6.02. The van der Waals surface area contributed by atoms with Crippen molar-refractivity contribution in [1.82, 2.24) is 0 Å². The van der Waals surface area contributed by atoms with Crippen molar-refractivity contribution in [2.75, 3.05) is 6.54 Å². The third-order valence-electron chi connectivity index (χ3n) is 2.38. The van der Waals surface area contributed by atoms with Gasteiger partial charge in [-0.2, -0.15) is 0 Å². The Morgan fingerprint density at radius 3 is 2.38 bits per heavy atom. The van der Waals surface area contributed by atoms with Gasteiger partial charge in [0, 0.05) is 6.42 Å². The fourth-order valence-electron chi connectivity index (χ4n) is 1.50. The van der Waals surface area contributed by atoms with E-state index in [1.54, 1.807) is 0 Å². The highest BCUT2D eigenvalue weighted by molar-refractivity contribution is 5.85. The maximum Gasteiger partial charge on any atom is 0.307 e. The maximum atomic E-state index is 11.1. The Morgan fingerprint density at radius 2 is 1.88 bits per heavy atom. The monoisotopic (exact) mass is 221 g/mol. The molecule has 0 fully saturated rings. The van der Waals surface area contributed by atoms with E-state index >= 15 is 0 Å². The molecule has 0 amide bonds. The maximum absolute atomic E-state index is 11.1. The Balaban J connectivity index is 2.65. The molecule has 0 heterocycles. The van der Waals surface area contributed by atoms with Crippen LogP contribution in [0.4, 0.5) is 0 Å². The van der Waals surface area contributed by atoms with Gasteiger partial charge in [-0.25, -0.2) is 0 Å². The number of Topliss-reactive ketones (excluding diaryl/α,β-unsaturated/α-hetero) is 1. The third kappa shape index (κ3) is 3.82. The summed E-state index contributed by atoms with van der Waals surface area (Å²) >= 11 is 0. The van der Waals surface area contributed by atoms with Crippen molar-refractivity contribution in [2.45, 2.75) is 12.8 Å². The summed E-state index contributed by atoms with van der Waals surface area (Å²) in [6.45, 7) is -0.0986. The second-order valence-corrected chi connectivity index (χ2v) is 3.67. The standard InChI is InChI=1S/C12H15NO3/c13-8-11(14)7-10(12(15)16)6-9-4-2-1-3-5-9/h1-5,10H,6-8,13H2,(H,15,16)/t10-/m1/s1. The average molecular weight is 221 g/mol. The summed E-state index contributed by atoms with van der Waals surface area (Å²) in [5, 5.41) is 8.99. The lowest BCUT2D eigenvalue weighted by molar-refractivity contribution is -0.143. The minimum Gasteiger partial charge on any atom is -0.481 e. The van der Waals surface area contributed by atoms with Crippen molar-refractivity contribution in [3.63, 3.8) is 0 Å². The molecule has 1 atom stereocenters. The Labute approximate surface area is 94.1 Å². The van der Waals surface area contributed by atoms with Crippen LogP contribution in [-0.2, 0) is 16.0 Å². The topological polar surface area (TPSA) is 80.4 Å². The highest BCUT2D eigenvalue weighted by Crippen LogP contribution is 2.12. The largest absolute Gasteiger partial charge is 0.481 e. The lowest BCUT2D eigenvalue weighted by Crippen LogP contribution is -2.24. The number of carbonyl (C=O) groups excluding carboxylic acids is 1. The van der Waals surface area contributed by atoms with Gasteiger partial charge >= 0.3 is 5.97 Å². The van der Waals surface area contributed by atoms with Gasteiger partial charge in [0.25, 0.3) is 0 Å². The van der Waals surface area contributed by atoms with Gasteiger partial charge in [-0.1, -0.05) is 30.3 Å². The predicted molar refractivity (Wildman–Crippen MR) is 60.0 cm³/mol. The van der Waals surface area contributed by atoms with E-state index in [1.807, 2.05) is 30.3 Å². The van der Waals surface area contributed by atoms with Crippen LogP contribution >= 0.6 is 0 Å². The van der Waals surface area contributed by atoms with Gasteiger partial charge in [0.15, 0.2) is 0 Å². The van der Waals surface area contributed by atoms with Crippen molar-refractivity contribution >= 4 is 11.8 Å². The Hall–Kier alpha value is -1.68. The first kappa shape index (κ1) is 12.4. The summed E-state index contributed by atoms with van der Waals surface area (Å²) in [5.74, 6) is -1.85. The van der Waals surface area contributed by atoms with E-state index in [4.69, 9.17) is 10.8 Å². The minimum atomic E-state index is -0.953. The van der Waals surface area contributed by atoms with E-state index in [9.17, 15) is 9.59 Å². The first-order valence-corrected chi connectivity index (χ1v) is 5.12. The van der Waals surface area contributed by atoms with Crippen molar-refractivity contribution in [2.24, 2.45) is 11.7 Å². The minimum absolute atomic E-state index is 0.000722. The normalized spacial score (nSPS) is 12.1. The summed E-state index contributed by atoms with van der Waals surface area (Å²) in [7, 11) is 0. The van der Waals surface area contributed by atoms with E-state index in [0.717, 1.165) is 5.56 Å². The molecule has 1 aromatic carbocycles. The molecule has 4 heteroatoms. The van der Waals surface area contributed by atoms with Gasteiger partial charge in [0.05, 0.1) is 12.5 Å². The van der Waals surface area contributed by atoms with Crippen LogP contribution in [0, 0.1) is 5.92 Å². The number of nitrogens with two attached hydrogens (primary N) is 1. The number of rotatable bonds is 6. The van der Waals surface area contributed by atoms with E-state index in [1.165, 1.54) is 0 Å². The molecule has 0 saturated carbocycles. The van der Waals surface area contributed by atoms with Crippen LogP contribution in [-0.4, -0.2) is 23.4 Å². The van der Waals surface area contributed by atoms with E-state index in [2.05, 4.69) is 0 Å². The number of benzene rings is 1. The van der Waals surface area contributed by atoms with Gasteiger partial charge in [0.1, 0.15) is 5.78 Å². The highest BCUT2D eigenvalue weighted by atomic mass is 16.4. The number of ketones is 1. The molecule has 4 nitrogen and oxygen atoms in total. The van der Waals surface area contributed by atoms with Gasteiger partial charge in [-0.05, 0) is 12.0 Å². The van der Waals surface area contributed by atoms with Crippen LogP contribution in [0.2, 0.25) is 0 Å². The third-order valence-corrected chi connectivity index (χ3v) is 2.38. The number of carboxylic acid groups (broad SMARTS) is 1. The van der Waals surface area contributed by atoms with E-state index < -0.39 is 11.9 Å². The van der Waals surface area contributed by atoms with Crippen molar-refractivity contribution < 1.29 is 14.7 Å². The van der Waals surface area contributed by atoms with Crippen LogP contribution in [0.15, 0.2) is 30.3 Å². The molecule has 0 aliphatic heterocycles. The summed E-state index contributed by atoms with van der Waals surface area (Å²) in [6.07, 6.45) is 0.364. The summed E-state index contributed by atoms with van der Waals surface area (Å²) in [5.41, 5.74) is 6.09. The van der Waals surface area contributed by atoms with Gasteiger partial charge < -0.3 is 10.8 Å². The van der Waals surface area contributed by atoms with Gasteiger partial charge in [0.2, 0.25) is 0 Å². The molecule has 0 saturated heterocycles. The zero-order chi connectivity index (χ0) is 12.0. The van der Waals surface area contributed by atoms with Crippen molar-refractivity contribution in [3.05, 3.63) is 35.9 Å². The number of carbonyl (C=O) groups is 2. The van der Waals surface area contributed by atoms with Crippen molar-refractivity contribution in [1.29, 1.82) is 0 Å². The molecule has 0 bridgehead atoms. The number of aliphatic carboxylic acids is 1. The Bertz CT molecular complexity index is 362. The first-order chi connectivity index (χ1) is 7.63. The molecule has 0 aliphatic carbocycles. The smallest absolute Gasteiger partial charge is 0.307 e. The van der Waals surface area contributed by atoms with Crippen LogP contribution in [0.3, 0.4) is 0 Å². The molecular formula is C12H15NO3. The number of carboxylic acids is 1. The van der Waals surface area contributed by atoms with Crippen LogP contribution < -0.4 is 5.73 Å². The van der Waals surface area contributed by atoms with Crippen LogP contribution in [0.25, 0.3) is 0 Å². The fraction of sp³-hybridized carbons (Fsp3) is 0.333.